The number of aromatic nitrogens is 2. The van der Waals surface area contributed by atoms with Crippen LogP contribution in [0.15, 0.2) is 46.3 Å². The first-order valence-electron chi connectivity index (χ1n) is 7.61. The van der Waals surface area contributed by atoms with E-state index in [9.17, 15) is 4.79 Å². The van der Waals surface area contributed by atoms with Crippen molar-refractivity contribution in [2.45, 2.75) is 6.92 Å². The van der Waals surface area contributed by atoms with E-state index in [2.05, 4.69) is 15.5 Å². The Morgan fingerprint density at radius 2 is 2.08 bits per heavy atom. The zero-order valence-electron chi connectivity index (χ0n) is 13.4. The summed E-state index contributed by atoms with van der Waals surface area (Å²) in [6.45, 7) is 1.77. The predicted octanol–water partition coefficient (Wildman–Crippen LogP) is 5.82. The number of hydrogen-bond donors (Lipinski definition) is 1. The van der Waals surface area contributed by atoms with E-state index in [1.54, 1.807) is 31.2 Å². The maximum atomic E-state index is 13.0. The molecule has 0 saturated carbocycles. The van der Waals surface area contributed by atoms with Gasteiger partial charge in [-0.15, -0.1) is 11.3 Å². The van der Waals surface area contributed by atoms with Gasteiger partial charge in [-0.2, -0.15) is 0 Å². The van der Waals surface area contributed by atoms with Crippen LogP contribution in [0, 0.1) is 6.92 Å². The van der Waals surface area contributed by atoms with Crippen LogP contribution in [0.2, 0.25) is 10.0 Å². The van der Waals surface area contributed by atoms with Crippen molar-refractivity contribution >= 4 is 57.2 Å². The van der Waals surface area contributed by atoms with E-state index in [0.717, 1.165) is 4.88 Å². The van der Waals surface area contributed by atoms with Crippen LogP contribution in [-0.2, 0) is 0 Å². The maximum Gasteiger partial charge on any atom is 0.259 e. The highest BCUT2D eigenvalue weighted by molar-refractivity contribution is 7.13. The summed E-state index contributed by atoms with van der Waals surface area (Å²) >= 11 is 13.7. The number of anilines is 1. The molecule has 1 N–H and O–H groups in total. The maximum absolute atomic E-state index is 13.0. The number of thiophene rings is 1. The number of nitrogens with one attached hydrogen (secondary N) is 1. The fraction of sp³-hybridized carbons (Fsp3) is 0.0556. The SMILES string of the molecule is Cc1noc2nc(-c3cccs3)cc(C(=O)Nc3cccc(Cl)c3Cl)c12. The third-order valence-electron chi connectivity index (χ3n) is 3.84. The minimum Gasteiger partial charge on any atom is -0.335 e. The molecule has 1 amide bonds. The van der Waals surface area contributed by atoms with Crippen LogP contribution in [0.5, 0.6) is 0 Å². The van der Waals surface area contributed by atoms with Crippen molar-refractivity contribution in [3.8, 4) is 10.6 Å². The Morgan fingerprint density at radius 3 is 2.85 bits per heavy atom. The highest BCUT2D eigenvalue weighted by atomic mass is 35.5. The Labute approximate surface area is 162 Å². The van der Waals surface area contributed by atoms with Gasteiger partial charge in [0.25, 0.3) is 11.6 Å². The van der Waals surface area contributed by atoms with E-state index in [4.69, 9.17) is 27.7 Å². The summed E-state index contributed by atoms with van der Waals surface area (Å²) in [5.41, 5.74) is 2.39. The number of pyridine rings is 1. The van der Waals surface area contributed by atoms with E-state index in [1.807, 2.05) is 17.5 Å². The number of hydrogen-bond acceptors (Lipinski definition) is 5. The van der Waals surface area contributed by atoms with E-state index in [-0.39, 0.29) is 10.9 Å². The van der Waals surface area contributed by atoms with Gasteiger partial charge in [-0.05, 0) is 36.6 Å². The van der Waals surface area contributed by atoms with E-state index < -0.39 is 0 Å². The molecule has 26 heavy (non-hydrogen) atoms. The Kier molecular flexibility index (Phi) is 4.40. The summed E-state index contributed by atoms with van der Waals surface area (Å²) in [5, 5.41) is 9.90. The Bertz CT molecular complexity index is 1120. The highest BCUT2D eigenvalue weighted by Gasteiger charge is 2.20. The quantitative estimate of drug-likeness (QED) is 0.467. The van der Waals surface area contributed by atoms with Gasteiger partial charge in [0.15, 0.2) is 0 Å². The van der Waals surface area contributed by atoms with Crippen molar-refractivity contribution in [2.75, 3.05) is 5.32 Å². The van der Waals surface area contributed by atoms with Gasteiger partial charge in [0.1, 0.15) is 0 Å². The molecule has 0 spiro atoms. The molecule has 0 aliphatic heterocycles. The van der Waals surface area contributed by atoms with Gasteiger partial charge in [-0.1, -0.05) is 40.5 Å². The molecule has 0 aliphatic carbocycles. The van der Waals surface area contributed by atoms with Gasteiger partial charge in [0.05, 0.1) is 42.9 Å². The molecular formula is C18H11Cl2N3O2S. The average molecular weight is 404 g/mol. The number of benzene rings is 1. The topological polar surface area (TPSA) is 68.0 Å². The minimum atomic E-state index is -0.342. The molecular weight excluding hydrogens is 393 g/mol. The molecule has 8 heteroatoms. The van der Waals surface area contributed by atoms with Gasteiger partial charge in [0.2, 0.25) is 0 Å². The molecule has 5 nitrogen and oxygen atoms in total. The second kappa shape index (κ2) is 6.72. The fourth-order valence-electron chi connectivity index (χ4n) is 2.61. The number of rotatable bonds is 3. The van der Waals surface area contributed by atoms with Gasteiger partial charge >= 0.3 is 0 Å². The van der Waals surface area contributed by atoms with Crippen LogP contribution in [0.3, 0.4) is 0 Å². The lowest BCUT2D eigenvalue weighted by Crippen LogP contribution is -2.13. The number of carbonyl (C=O) groups excluding carboxylic acids is 1. The van der Waals surface area contributed by atoms with Crippen LogP contribution in [0.25, 0.3) is 21.7 Å². The van der Waals surface area contributed by atoms with Gasteiger partial charge < -0.3 is 9.84 Å². The zero-order valence-corrected chi connectivity index (χ0v) is 15.7. The van der Waals surface area contributed by atoms with Crippen LogP contribution in [-0.4, -0.2) is 16.0 Å². The molecule has 0 fully saturated rings. The van der Waals surface area contributed by atoms with Crippen molar-refractivity contribution < 1.29 is 9.32 Å². The second-order valence-electron chi connectivity index (χ2n) is 5.54. The van der Waals surface area contributed by atoms with E-state index in [0.29, 0.717) is 38.8 Å². The third kappa shape index (κ3) is 2.96. The second-order valence-corrected chi connectivity index (χ2v) is 7.27. The van der Waals surface area contributed by atoms with Gasteiger partial charge in [-0.3, -0.25) is 4.79 Å². The Balaban J connectivity index is 1.83. The summed E-state index contributed by atoms with van der Waals surface area (Å²) in [6.07, 6.45) is 0. The number of aryl methyl sites for hydroxylation is 1. The molecule has 130 valence electrons. The lowest BCUT2D eigenvalue weighted by Gasteiger charge is -2.09. The van der Waals surface area contributed by atoms with Crippen molar-refractivity contribution in [3.05, 3.63) is 63.1 Å². The monoisotopic (exact) mass is 403 g/mol. The molecule has 0 radical (unpaired) electrons. The van der Waals surface area contributed by atoms with Crippen LogP contribution in [0.4, 0.5) is 5.69 Å². The molecule has 1 aromatic carbocycles. The van der Waals surface area contributed by atoms with Crippen LogP contribution < -0.4 is 5.32 Å². The van der Waals surface area contributed by atoms with Crippen molar-refractivity contribution in [1.82, 2.24) is 10.1 Å². The molecule has 0 aliphatic rings. The first kappa shape index (κ1) is 17.0. The molecule has 3 aromatic heterocycles. The number of nitrogens with zero attached hydrogens (tertiary/aromatic N) is 2. The number of fused-ring (bicyclic) bond motifs is 1. The largest absolute Gasteiger partial charge is 0.335 e. The van der Waals surface area contributed by atoms with Crippen molar-refractivity contribution in [3.63, 3.8) is 0 Å². The number of carbonyl (C=O) groups is 1. The number of amides is 1. The average Bonchev–Trinajstić information content (AvgIpc) is 3.28. The molecule has 4 aromatic rings. The van der Waals surface area contributed by atoms with Crippen LogP contribution in [0.1, 0.15) is 16.1 Å². The predicted molar refractivity (Wildman–Crippen MR) is 104 cm³/mol. The van der Waals surface area contributed by atoms with Crippen molar-refractivity contribution in [2.24, 2.45) is 0 Å². The first-order valence-corrected chi connectivity index (χ1v) is 9.24. The molecule has 3 heterocycles. The van der Waals surface area contributed by atoms with Gasteiger partial charge in [0, 0.05) is 0 Å². The summed E-state index contributed by atoms with van der Waals surface area (Å²) in [7, 11) is 0. The summed E-state index contributed by atoms with van der Waals surface area (Å²) in [6, 6.07) is 10.6. The zero-order chi connectivity index (χ0) is 18.3. The lowest BCUT2D eigenvalue weighted by atomic mass is 10.1. The van der Waals surface area contributed by atoms with Crippen LogP contribution >= 0.6 is 34.5 Å². The smallest absolute Gasteiger partial charge is 0.259 e. The van der Waals surface area contributed by atoms with E-state index >= 15 is 0 Å². The molecule has 4 rings (SSSR count). The molecule has 0 bridgehead atoms. The first-order chi connectivity index (χ1) is 12.5. The fourth-order valence-corrected chi connectivity index (χ4v) is 3.65. The summed E-state index contributed by atoms with van der Waals surface area (Å²) in [5.74, 6) is -0.342. The van der Waals surface area contributed by atoms with Crippen molar-refractivity contribution in [1.29, 1.82) is 0 Å². The number of halogens is 2. The third-order valence-corrected chi connectivity index (χ3v) is 5.55. The standard InChI is InChI=1S/C18H11Cl2N3O2S/c1-9-15-10(17(24)21-12-5-2-4-11(19)16(12)20)8-13(14-6-3-7-26-14)22-18(15)25-23-9/h2-8H,1H3,(H,21,24). The summed E-state index contributed by atoms with van der Waals surface area (Å²) in [4.78, 5) is 18.4. The molecule has 0 unspecified atom stereocenters. The van der Waals surface area contributed by atoms with Gasteiger partial charge in [-0.25, -0.2) is 4.98 Å². The summed E-state index contributed by atoms with van der Waals surface area (Å²) < 4.78 is 5.29. The Morgan fingerprint density at radius 1 is 1.23 bits per heavy atom. The normalized spacial score (nSPS) is 11.0. The molecule has 0 saturated heterocycles. The lowest BCUT2D eigenvalue weighted by molar-refractivity contribution is 0.102. The highest BCUT2D eigenvalue weighted by Crippen LogP contribution is 2.32. The van der Waals surface area contributed by atoms with E-state index in [1.165, 1.54) is 11.3 Å². The Hall–Kier alpha value is -2.41. The minimum absolute atomic E-state index is 0.285. The molecule has 0 atom stereocenters.